The fraction of sp³-hybridized carbons (Fsp3) is 0.300. The van der Waals surface area contributed by atoms with Crippen LogP contribution in [-0.2, 0) is 20.9 Å². The molecule has 13 heteroatoms. The van der Waals surface area contributed by atoms with Crippen LogP contribution in [0.25, 0.3) is 11.1 Å². The fourth-order valence-corrected chi connectivity index (χ4v) is 5.27. The highest BCUT2D eigenvalue weighted by Crippen LogP contribution is 2.43. The Morgan fingerprint density at radius 2 is 1.88 bits per heavy atom. The summed E-state index contributed by atoms with van der Waals surface area (Å²) in [7, 11) is -3.79. The molecular weight excluding hydrogens is 501 g/mol. The Morgan fingerprint density at radius 1 is 1.24 bits per heavy atom. The molecule has 0 aromatic heterocycles. The molecule has 2 aromatic rings. The van der Waals surface area contributed by atoms with E-state index in [0.717, 1.165) is 17.8 Å². The summed E-state index contributed by atoms with van der Waals surface area (Å²) in [5, 5.41) is 10.9. The minimum absolute atomic E-state index is 0.0359. The van der Waals surface area contributed by atoms with Gasteiger partial charge < -0.3 is 4.74 Å². The molecule has 0 radical (unpaired) electrons. The topological polar surface area (TPSA) is 94.8 Å². The van der Waals surface area contributed by atoms with Crippen molar-refractivity contribution in [3.05, 3.63) is 47.0 Å². The molecule has 0 bridgehead atoms. The predicted octanol–water partition coefficient (Wildman–Crippen LogP) is 4.47. The smallest absolute Gasteiger partial charge is 0.379 e. The van der Waals surface area contributed by atoms with Crippen molar-refractivity contribution in [1.82, 2.24) is 9.62 Å². The number of amidine groups is 1. The number of aliphatic imine (C=N–C) groups is 1. The third-order valence-electron chi connectivity index (χ3n) is 4.72. The normalized spacial score (nSPS) is 15.8. The summed E-state index contributed by atoms with van der Waals surface area (Å²) in [6.07, 6.45) is -1.49. The zero-order valence-electron chi connectivity index (χ0n) is 17.2. The van der Waals surface area contributed by atoms with Gasteiger partial charge in [-0.2, -0.15) is 22.7 Å². The van der Waals surface area contributed by atoms with Gasteiger partial charge in [-0.3, -0.25) is 5.32 Å². The fourth-order valence-electron chi connectivity index (χ4n) is 3.19. The van der Waals surface area contributed by atoms with Gasteiger partial charge in [-0.25, -0.2) is 13.4 Å². The Hall–Kier alpha value is -2.30. The summed E-state index contributed by atoms with van der Waals surface area (Å²) < 4.78 is 73.6. The van der Waals surface area contributed by atoms with Crippen LogP contribution in [0.4, 0.5) is 18.9 Å². The Balaban J connectivity index is 2.04. The molecule has 1 aliphatic rings. The lowest BCUT2D eigenvalue weighted by atomic mass is 9.98. The van der Waals surface area contributed by atoms with Gasteiger partial charge in [0.1, 0.15) is 0 Å². The van der Waals surface area contributed by atoms with Crippen molar-refractivity contribution in [2.75, 3.05) is 32.6 Å². The van der Waals surface area contributed by atoms with E-state index in [1.165, 1.54) is 34.6 Å². The van der Waals surface area contributed by atoms with Crippen LogP contribution >= 0.6 is 23.4 Å². The zero-order valence-corrected chi connectivity index (χ0v) is 19.6. The Labute approximate surface area is 198 Å². The second kappa shape index (κ2) is 10.3. The summed E-state index contributed by atoms with van der Waals surface area (Å²) in [4.78, 5) is 3.97. The first-order valence-electron chi connectivity index (χ1n) is 9.45. The van der Waals surface area contributed by atoms with Crippen molar-refractivity contribution in [2.45, 2.75) is 11.1 Å². The van der Waals surface area contributed by atoms with E-state index in [-0.39, 0.29) is 58.2 Å². The molecule has 1 aliphatic heterocycles. The summed E-state index contributed by atoms with van der Waals surface area (Å²) in [5.74, 6) is 0. The zero-order chi connectivity index (χ0) is 24.2. The molecule has 0 unspecified atom stereocenters. The summed E-state index contributed by atoms with van der Waals surface area (Å²) >= 11 is 7.28. The van der Waals surface area contributed by atoms with Crippen LogP contribution in [0.15, 0.2) is 46.3 Å². The van der Waals surface area contributed by atoms with E-state index in [4.69, 9.17) is 21.6 Å². The molecule has 176 valence electrons. The molecule has 1 heterocycles. The second-order valence-corrected chi connectivity index (χ2v) is 9.89. The van der Waals surface area contributed by atoms with E-state index in [9.17, 15) is 21.6 Å². The number of nitrogens with one attached hydrogen (secondary N) is 1. The minimum Gasteiger partial charge on any atom is -0.379 e. The van der Waals surface area contributed by atoms with E-state index >= 15 is 0 Å². The molecular formula is C20H18ClF3N4O3S2. The predicted molar refractivity (Wildman–Crippen MR) is 121 cm³/mol. The molecule has 0 spiro atoms. The molecule has 0 amide bonds. The van der Waals surface area contributed by atoms with E-state index < -0.39 is 21.8 Å². The number of ether oxygens (including phenoxy) is 1. The minimum atomic E-state index is -4.76. The largest absolute Gasteiger partial charge is 0.417 e. The van der Waals surface area contributed by atoms with Crippen LogP contribution in [0.2, 0.25) is 5.02 Å². The number of halogens is 4. The second-order valence-electron chi connectivity index (χ2n) is 6.75. The highest BCUT2D eigenvalue weighted by atomic mass is 35.5. The molecule has 7 nitrogen and oxygen atoms in total. The van der Waals surface area contributed by atoms with Gasteiger partial charge in [0, 0.05) is 18.7 Å². The maximum atomic E-state index is 13.9. The number of nitrogens with zero attached hydrogens (tertiary/aromatic N) is 3. The number of hydrogen-bond acceptors (Lipinski definition) is 6. The SMILES string of the molecule is CSC(=Nc1cc(Cl)c(-c2ccc(S(=O)(=O)N3CCOCC3)cc2)c(C(F)(F)F)c1)NC#N. The lowest BCUT2D eigenvalue weighted by molar-refractivity contribution is -0.137. The first-order valence-corrected chi connectivity index (χ1v) is 12.5. The van der Waals surface area contributed by atoms with Crippen molar-refractivity contribution in [2.24, 2.45) is 4.99 Å². The lowest BCUT2D eigenvalue weighted by Gasteiger charge is -2.26. The highest BCUT2D eigenvalue weighted by molar-refractivity contribution is 8.13. The van der Waals surface area contributed by atoms with Gasteiger partial charge in [0.05, 0.1) is 34.4 Å². The first-order chi connectivity index (χ1) is 15.6. The van der Waals surface area contributed by atoms with Crippen LogP contribution in [0.1, 0.15) is 5.56 Å². The van der Waals surface area contributed by atoms with Gasteiger partial charge in [-0.15, -0.1) is 0 Å². The molecule has 1 fully saturated rings. The Bertz CT molecular complexity index is 1190. The van der Waals surface area contributed by atoms with Gasteiger partial charge in [-0.1, -0.05) is 35.5 Å². The van der Waals surface area contributed by atoms with Crippen LogP contribution in [0.3, 0.4) is 0 Å². The number of rotatable bonds is 4. The van der Waals surface area contributed by atoms with Crippen molar-refractivity contribution >= 4 is 44.2 Å². The first kappa shape index (κ1) is 25.3. The number of alkyl halides is 3. The number of nitriles is 1. The Morgan fingerprint density at radius 3 is 2.42 bits per heavy atom. The molecule has 0 atom stereocenters. The van der Waals surface area contributed by atoms with Crippen molar-refractivity contribution in [3.8, 4) is 17.3 Å². The van der Waals surface area contributed by atoms with Crippen LogP contribution in [0.5, 0.6) is 0 Å². The maximum absolute atomic E-state index is 13.9. The number of hydrogen-bond donors (Lipinski definition) is 1. The lowest BCUT2D eigenvalue weighted by Crippen LogP contribution is -2.40. The van der Waals surface area contributed by atoms with Crippen molar-refractivity contribution < 1.29 is 26.3 Å². The standard InChI is InChI=1S/C20H18ClF3N4O3S2/c1-32-19(26-12-25)27-14-10-16(20(22,23)24)18(17(21)11-14)13-2-4-15(5-3-13)33(29,30)28-6-8-31-9-7-28/h2-5,10-11H,6-9H2,1H3,(H,26,27). The summed E-state index contributed by atoms with van der Waals surface area (Å²) in [6, 6.07) is 7.17. The Kier molecular flexibility index (Phi) is 7.92. The van der Waals surface area contributed by atoms with E-state index in [0.29, 0.717) is 0 Å². The number of sulfonamides is 1. The highest BCUT2D eigenvalue weighted by Gasteiger charge is 2.35. The summed E-state index contributed by atoms with van der Waals surface area (Å²) in [6.45, 7) is 0.960. The van der Waals surface area contributed by atoms with Gasteiger partial charge in [-0.05, 0) is 36.1 Å². The van der Waals surface area contributed by atoms with Crippen LogP contribution in [0, 0.1) is 11.5 Å². The third-order valence-corrected chi connectivity index (χ3v) is 7.51. The van der Waals surface area contributed by atoms with Gasteiger partial charge >= 0.3 is 6.18 Å². The van der Waals surface area contributed by atoms with Crippen molar-refractivity contribution in [3.63, 3.8) is 0 Å². The van der Waals surface area contributed by atoms with Gasteiger partial charge in [0.15, 0.2) is 11.4 Å². The average Bonchev–Trinajstić information content (AvgIpc) is 2.78. The number of morpholine rings is 1. The average molecular weight is 519 g/mol. The number of thioether (sulfide) groups is 1. The molecule has 3 rings (SSSR count). The van der Waals surface area contributed by atoms with Gasteiger partial charge in [0.2, 0.25) is 10.0 Å². The molecule has 33 heavy (non-hydrogen) atoms. The molecule has 0 saturated carbocycles. The van der Waals surface area contributed by atoms with Crippen LogP contribution < -0.4 is 5.32 Å². The van der Waals surface area contributed by atoms with E-state index in [1.54, 1.807) is 12.4 Å². The van der Waals surface area contributed by atoms with Gasteiger partial charge in [0.25, 0.3) is 0 Å². The quantitative estimate of drug-likeness (QED) is 0.278. The molecule has 0 aliphatic carbocycles. The maximum Gasteiger partial charge on any atom is 0.417 e. The molecule has 2 aromatic carbocycles. The number of benzene rings is 2. The molecule has 1 saturated heterocycles. The monoisotopic (exact) mass is 518 g/mol. The summed E-state index contributed by atoms with van der Waals surface area (Å²) in [5.41, 5.74) is -1.31. The van der Waals surface area contributed by atoms with Crippen molar-refractivity contribution in [1.29, 1.82) is 5.26 Å². The van der Waals surface area contributed by atoms with E-state index in [2.05, 4.69) is 10.3 Å². The van der Waals surface area contributed by atoms with Crippen LogP contribution in [-0.4, -0.2) is 50.4 Å². The molecule has 1 N–H and O–H groups in total. The third kappa shape index (κ3) is 5.80. The van der Waals surface area contributed by atoms with E-state index in [1.807, 2.05) is 0 Å².